The molecule has 0 heterocycles. The molecular formula is C17H26O2Si. The Morgan fingerprint density at radius 1 is 1.25 bits per heavy atom. The van der Waals surface area contributed by atoms with Crippen LogP contribution in [0.15, 0.2) is 42.0 Å². The van der Waals surface area contributed by atoms with Gasteiger partial charge in [-0.15, -0.1) is 0 Å². The fourth-order valence-corrected chi connectivity index (χ4v) is 4.74. The minimum atomic E-state index is -1.66. The van der Waals surface area contributed by atoms with E-state index >= 15 is 0 Å². The summed E-state index contributed by atoms with van der Waals surface area (Å²) in [7, 11) is -0.202. The molecule has 0 radical (unpaired) electrons. The van der Waals surface area contributed by atoms with Crippen LogP contribution in [0.5, 0.6) is 0 Å². The molecule has 0 N–H and O–H groups in total. The SMILES string of the molecule is COC(=O)/C(=C/CC(C)C)C[Si](C)(C)c1ccccc1. The number of esters is 1. The molecule has 0 aliphatic heterocycles. The van der Waals surface area contributed by atoms with Crippen LogP contribution >= 0.6 is 0 Å². The van der Waals surface area contributed by atoms with Crippen LogP contribution in [-0.2, 0) is 9.53 Å². The molecule has 0 spiro atoms. The second-order valence-corrected chi connectivity index (χ2v) is 11.0. The van der Waals surface area contributed by atoms with E-state index in [4.69, 9.17) is 4.74 Å². The Morgan fingerprint density at radius 2 is 1.85 bits per heavy atom. The molecule has 0 aromatic heterocycles. The molecule has 0 bridgehead atoms. The van der Waals surface area contributed by atoms with Gasteiger partial charge in [-0.1, -0.05) is 68.5 Å². The standard InChI is InChI=1S/C17H26O2Si/c1-14(2)11-12-15(17(18)19-3)13-20(4,5)16-9-7-6-8-10-16/h6-10,12,14H,11,13H2,1-5H3/b15-12+. The maximum Gasteiger partial charge on any atom is 0.333 e. The summed E-state index contributed by atoms with van der Waals surface area (Å²) in [4.78, 5) is 12.0. The molecule has 1 rings (SSSR count). The number of hydrogen-bond donors (Lipinski definition) is 0. The van der Waals surface area contributed by atoms with Gasteiger partial charge in [0.15, 0.2) is 0 Å². The summed E-state index contributed by atoms with van der Waals surface area (Å²) in [5.41, 5.74) is 0.835. The van der Waals surface area contributed by atoms with Crippen molar-refractivity contribution in [1.82, 2.24) is 0 Å². The van der Waals surface area contributed by atoms with Gasteiger partial charge >= 0.3 is 5.97 Å². The fraction of sp³-hybridized carbons (Fsp3) is 0.471. The maximum atomic E-state index is 12.0. The van der Waals surface area contributed by atoms with E-state index in [1.165, 1.54) is 12.3 Å². The Labute approximate surface area is 123 Å². The van der Waals surface area contributed by atoms with E-state index in [9.17, 15) is 4.79 Å². The summed E-state index contributed by atoms with van der Waals surface area (Å²) in [6.07, 6.45) is 2.98. The lowest BCUT2D eigenvalue weighted by Gasteiger charge is -2.24. The minimum absolute atomic E-state index is 0.179. The Morgan fingerprint density at radius 3 is 2.35 bits per heavy atom. The van der Waals surface area contributed by atoms with Crippen LogP contribution in [0.25, 0.3) is 0 Å². The number of methoxy groups -OCH3 is 1. The van der Waals surface area contributed by atoms with Gasteiger partial charge < -0.3 is 4.74 Å². The largest absolute Gasteiger partial charge is 0.466 e. The lowest BCUT2D eigenvalue weighted by atomic mass is 10.1. The fourth-order valence-electron chi connectivity index (χ4n) is 2.20. The lowest BCUT2D eigenvalue weighted by molar-refractivity contribution is -0.136. The van der Waals surface area contributed by atoms with Gasteiger partial charge in [0.2, 0.25) is 0 Å². The van der Waals surface area contributed by atoms with Crippen LogP contribution in [0.3, 0.4) is 0 Å². The lowest BCUT2D eigenvalue weighted by Crippen LogP contribution is -2.42. The van der Waals surface area contributed by atoms with Gasteiger partial charge in [0.25, 0.3) is 0 Å². The quantitative estimate of drug-likeness (QED) is 0.453. The molecule has 0 atom stereocenters. The molecule has 0 aliphatic rings. The van der Waals surface area contributed by atoms with E-state index in [1.54, 1.807) is 0 Å². The monoisotopic (exact) mass is 290 g/mol. The smallest absolute Gasteiger partial charge is 0.333 e. The van der Waals surface area contributed by atoms with Gasteiger partial charge in [-0.25, -0.2) is 4.79 Å². The Bertz CT molecular complexity index is 461. The predicted molar refractivity (Wildman–Crippen MR) is 87.9 cm³/mol. The molecule has 1 aromatic carbocycles. The number of benzene rings is 1. The highest BCUT2D eigenvalue weighted by molar-refractivity contribution is 6.90. The first kappa shape index (κ1) is 16.7. The van der Waals surface area contributed by atoms with E-state index in [0.717, 1.165) is 18.0 Å². The second kappa shape index (κ2) is 7.43. The highest BCUT2D eigenvalue weighted by atomic mass is 28.3. The van der Waals surface area contributed by atoms with Crippen molar-refractivity contribution in [2.45, 2.75) is 39.4 Å². The van der Waals surface area contributed by atoms with Gasteiger partial charge in [-0.3, -0.25) is 0 Å². The number of carbonyl (C=O) groups is 1. The van der Waals surface area contributed by atoms with Crippen LogP contribution in [0.2, 0.25) is 19.1 Å². The van der Waals surface area contributed by atoms with E-state index in [0.29, 0.717) is 5.92 Å². The molecule has 0 amide bonds. The third-order valence-corrected chi connectivity index (χ3v) is 6.63. The van der Waals surface area contributed by atoms with Crippen molar-refractivity contribution < 1.29 is 9.53 Å². The summed E-state index contributed by atoms with van der Waals surface area (Å²) in [5, 5.41) is 1.37. The molecule has 110 valence electrons. The van der Waals surface area contributed by atoms with Crippen molar-refractivity contribution in [3.8, 4) is 0 Å². The van der Waals surface area contributed by atoms with E-state index in [1.807, 2.05) is 6.07 Å². The number of allylic oxidation sites excluding steroid dienone is 1. The van der Waals surface area contributed by atoms with Crippen molar-refractivity contribution in [2.75, 3.05) is 7.11 Å². The van der Waals surface area contributed by atoms with Crippen molar-refractivity contribution in [2.24, 2.45) is 5.92 Å². The average Bonchev–Trinajstić information content (AvgIpc) is 2.43. The predicted octanol–water partition coefficient (Wildman–Crippen LogP) is 3.75. The van der Waals surface area contributed by atoms with E-state index in [-0.39, 0.29) is 5.97 Å². The molecular weight excluding hydrogens is 264 g/mol. The van der Waals surface area contributed by atoms with Crippen LogP contribution in [-0.4, -0.2) is 21.2 Å². The molecule has 0 saturated heterocycles. The number of hydrogen-bond acceptors (Lipinski definition) is 2. The average molecular weight is 290 g/mol. The first-order valence-electron chi connectivity index (χ1n) is 7.19. The highest BCUT2D eigenvalue weighted by Gasteiger charge is 2.27. The summed E-state index contributed by atoms with van der Waals surface area (Å²) in [6, 6.07) is 11.3. The summed E-state index contributed by atoms with van der Waals surface area (Å²) in [5.74, 6) is 0.373. The third kappa shape index (κ3) is 4.97. The normalized spacial score (nSPS) is 12.6. The third-order valence-electron chi connectivity index (χ3n) is 3.47. The van der Waals surface area contributed by atoms with Crippen molar-refractivity contribution in [3.05, 3.63) is 42.0 Å². The summed E-state index contributed by atoms with van der Waals surface area (Å²) in [6.45, 7) is 8.92. The van der Waals surface area contributed by atoms with Gasteiger partial charge in [0.1, 0.15) is 0 Å². The zero-order chi connectivity index (χ0) is 15.2. The van der Waals surface area contributed by atoms with Gasteiger partial charge in [0.05, 0.1) is 15.2 Å². The van der Waals surface area contributed by atoms with Gasteiger partial charge in [0, 0.05) is 5.57 Å². The summed E-state index contributed by atoms with van der Waals surface area (Å²) < 4.78 is 4.94. The zero-order valence-corrected chi connectivity index (χ0v) is 14.3. The van der Waals surface area contributed by atoms with Crippen LogP contribution in [0, 0.1) is 5.92 Å². The topological polar surface area (TPSA) is 26.3 Å². The van der Waals surface area contributed by atoms with Gasteiger partial charge in [-0.2, -0.15) is 0 Å². The number of carbonyl (C=O) groups excluding carboxylic acids is 1. The Hall–Kier alpha value is -1.35. The second-order valence-electron chi connectivity index (χ2n) is 6.28. The van der Waals surface area contributed by atoms with Gasteiger partial charge in [-0.05, 0) is 18.4 Å². The highest BCUT2D eigenvalue weighted by Crippen LogP contribution is 2.19. The maximum absolute atomic E-state index is 12.0. The first-order chi connectivity index (χ1) is 9.36. The zero-order valence-electron chi connectivity index (χ0n) is 13.3. The van der Waals surface area contributed by atoms with Crippen molar-refractivity contribution >= 4 is 19.2 Å². The molecule has 3 heteroatoms. The Balaban J connectivity index is 2.94. The molecule has 0 fully saturated rings. The Kier molecular flexibility index (Phi) is 6.21. The molecule has 0 aliphatic carbocycles. The molecule has 20 heavy (non-hydrogen) atoms. The van der Waals surface area contributed by atoms with Crippen LogP contribution in [0.1, 0.15) is 20.3 Å². The van der Waals surface area contributed by atoms with E-state index in [2.05, 4.69) is 57.3 Å². The van der Waals surface area contributed by atoms with Crippen LogP contribution < -0.4 is 5.19 Å². The molecule has 2 nitrogen and oxygen atoms in total. The van der Waals surface area contributed by atoms with Crippen molar-refractivity contribution in [1.29, 1.82) is 0 Å². The first-order valence-corrected chi connectivity index (χ1v) is 10.4. The molecule has 0 saturated carbocycles. The van der Waals surface area contributed by atoms with E-state index < -0.39 is 8.07 Å². The summed E-state index contributed by atoms with van der Waals surface area (Å²) >= 11 is 0. The molecule has 1 aromatic rings. The van der Waals surface area contributed by atoms with Crippen molar-refractivity contribution in [3.63, 3.8) is 0 Å². The van der Waals surface area contributed by atoms with Crippen LogP contribution in [0.4, 0.5) is 0 Å². The number of ether oxygens (including phenoxy) is 1. The minimum Gasteiger partial charge on any atom is -0.466 e. The molecule has 0 unspecified atom stereocenters. The number of rotatable bonds is 6.